The summed E-state index contributed by atoms with van der Waals surface area (Å²) in [6.07, 6.45) is 5.20. The number of carbonyl (C=O) groups excluding carboxylic acids is 1. The molecule has 184 valence electrons. The van der Waals surface area contributed by atoms with Gasteiger partial charge in [0, 0.05) is 4.48 Å². The maximum absolute atomic E-state index is 13.9. The highest BCUT2D eigenvalue weighted by Crippen LogP contribution is 2.35. The van der Waals surface area contributed by atoms with Crippen LogP contribution in [0.15, 0.2) is 54.6 Å². The standard InChI is InChI=1S/C27H22BrF5O2/c1-2-3-4-8-11-19(16-9-6-5-7-10-16)21(28)17-12-14-18(15-13-17)35-27(34)20-22(29)24(31)26(33)25(32)23(20)30/h5-7,9-10,12-15H,2-4,8,11H2,1H3/b21-19+. The van der Waals surface area contributed by atoms with E-state index >= 15 is 0 Å². The van der Waals surface area contributed by atoms with Crippen molar-refractivity contribution < 1.29 is 31.5 Å². The number of halogens is 6. The number of allylic oxidation sites excluding steroid dienone is 1. The predicted molar refractivity (Wildman–Crippen MR) is 129 cm³/mol. The fourth-order valence-corrected chi connectivity index (χ4v) is 4.23. The number of ether oxygens (including phenoxy) is 1. The van der Waals surface area contributed by atoms with Gasteiger partial charge in [0.25, 0.3) is 0 Å². The maximum atomic E-state index is 13.9. The average Bonchev–Trinajstić information content (AvgIpc) is 2.87. The Kier molecular flexibility index (Phi) is 9.20. The molecule has 0 spiro atoms. The molecular formula is C27H22BrF5O2. The minimum atomic E-state index is -2.35. The van der Waals surface area contributed by atoms with E-state index in [0.29, 0.717) is 0 Å². The summed E-state index contributed by atoms with van der Waals surface area (Å²) in [7, 11) is 0. The Morgan fingerprint density at radius 1 is 0.743 bits per heavy atom. The first-order chi connectivity index (χ1) is 16.8. The number of hydrogen-bond acceptors (Lipinski definition) is 2. The van der Waals surface area contributed by atoms with Crippen LogP contribution < -0.4 is 4.74 Å². The fourth-order valence-electron chi connectivity index (χ4n) is 3.53. The van der Waals surface area contributed by atoms with Crippen molar-refractivity contribution in [1.29, 1.82) is 0 Å². The number of benzene rings is 3. The third-order valence-corrected chi connectivity index (χ3v) is 6.34. The average molecular weight is 553 g/mol. The smallest absolute Gasteiger partial charge is 0.349 e. The van der Waals surface area contributed by atoms with Gasteiger partial charge in [0.05, 0.1) is 0 Å². The molecule has 0 N–H and O–H groups in total. The molecule has 0 aliphatic carbocycles. The molecule has 8 heteroatoms. The molecule has 0 aliphatic rings. The van der Waals surface area contributed by atoms with Crippen molar-refractivity contribution in [2.24, 2.45) is 0 Å². The highest BCUT2D eigenvalue weighted by atomic mass is 79.9. The van der Waals surface area contributed by atoms with Gasteiger partial charge in [-0.05, 0) is 57.6 Å². The summed E-state index contributed by atoms with van der Waals surface area (Å²) in [4.78, 5) is 12.2. The van der Waals surface area contributed by atoms with Gasteiger partial charge in [0.15, 0.2) is 23.3 Å². The second-order valence-corrected chi connectivity index (χ2v) is 8.62. The number of unbranched alkanes of at least 4 members (excludes halogenated alkanes) is 3. The number of rotatable bonds is 9. The van der Waals surface area contributed by atoms with Crippen LogP contribution in [-0.4, -0.2) is 5.97 Å². The Balaban J connectivity index is 1.86. The van der Waals surface area contributed by atoms with Gasteiger partial charge in [-0.1, -0.05) is 68.7 Å². The Morgan fingerprint density at radius 3 is 1.89 bits per heavy atom. The summed E-state index contributed by atoms with van der Waals surface area (Å²) in [6, 6.07) is 15.8. The molecule has 3 aromatic rings. The first-order valence-corrected chi connectivity index (χ1v) is 11.8. The Bertz CT molecular complexity index is 1200. The van der Waals surface area contributed by atoms with Crippen LogP contribution in [0.5, 0.6) is 5.75 Å². The molecule has 0 amide bonds. The molecule has 0 bridgehead atoms. The topological polar surface area (TPSA) is 26.3 Å². The van der Waals surface area contributed by atoms with Gasteiger partial charge in [-0.2, -0.15) is 0 Å². The van der Waals surface area contributed by atoms with Gasteiger partial charge in [0.1, 0.15) is 11.3 Å². The predicted octanol–water partition coefficient (Wildman–Crippen LogP) is 8.83. The lowest BCUT2D eigenvalue weighted by atomic mass is 9.97. The maximum Gasteiger partial charge on any atom is 0.349 e. The lowest BCUT2D eigenvalue weighted by molar-refractivity contribution is 0.0721. The van der Waals surface area contributed by atoms with Gasteiger partial charge in [-0.15, -0.1) is 0 Å². The van der Waals surface area contributed by atoms with E-state index in [1.165, 1.54) is 12.1 Å². The molecule has 0 aliphatic heterocycles. The molecule has 3 rings (SSSR count). The molecule has 3 aromatic carbocycles. The number of hydrogen-bond donors (Lipinski definition) is 0. The molecule has 0 fully saturated rings. The molecule has 0 aromatic heterocycles. The Hall–Kier alpha value is -3.00. The minimum absolute atomic E-state index is 0.118. The van der Waals surface area contributed by atoms with Crippen molar-refractivity contribution >= 4 is 32.0 Å². The van der Waals surface area contributed by atoms with Gasteiger partial charge in [-0.25, -0.2) is 26.7 Å². The van der Waals surface area contributed by atoms with Crippen molar-refractivity contribution in [3.8, 4) is 5.75 Å². The Morgan fingerprint density at radius 2 is 1.31 bits per heavy atom. The van der Waals surface area contributed by atoms with Gasteiger partial charge in [-0.3, -0.25) is 0 Å². The monoisotopic (exact) mass is 552 g/mol. The lowest BCUT2D eigenvalue weighted by Gasteiger charge is -2.13. The zero-order chi connectivity index (χ0) is 25.5. The van der Waals surface area contributed by atoms with E-state index in [0.717, 1.165) is 53.3 Å². The van der Waals surface area contributed by atoms with Crippen molar-refractivity contribution in [3.05, 3.63) is 100 Å². The molecular weight excluding hydrogens is 531 g/mol. The molecule has 35 heavy (non-hydrogen) atoms. The quantitative estimate of drug-likeness (QED) is 0.0504. The van der Waals surface area contributed by atoms with Crippen LogP contribution in [0.2, 0.25) is 0 Å². The second kappa shape index (κ2) is 12.1. The third kappa shape index (κ3) is 6.17. The van der Waals surface area contributed by atoms with Gasteiger partial charge in [0.2, 0.25) is 5.82 Å². The van der Waals surface area contributed by atoms with Crippen molar-refractivity contribution in [1.82, 2.24) is 0 Å². The molecule has 2 nitrogen and oxygen atoms in total. The van der Waals surface area contributed by atoms with E-state index in [9.17, 15) is 26.7 Å². The normalized spacial score (nSPS) is 11.9. The van der Waals surface area contributed by atoms with E-state index in [1.807, 2.05) is 30.3 Å². The molecule has 0 saturated heterocycles. The largest absolute Gasteiger partial charge is 0.423 e. The molecule has 0 atom stereocenters. The molecule has 0 unspecified atom stereocenters. The van der Waals surface area contributed by atoms with Crippen molar-refractivity contribution in [2.75, 3.05) is 0 Å². The van der Waals surface area contributed by atoms with Crippen LogP contribution in [0.25, 0.3) is 10.1 Å². The first-order valence-electron chi connectivity index (χ1n) is 11.0. The summed E-state index contributed by atoms with van der Waals surface area (Å²) in [5.74, 6) is -13.1. The summed E-state index contributed by atoms with van der Waals surface area (Å²) >= 11 is 3.67. The van der Waals surface area contributed by atoms with Crippen LogP contribution in [0.4, 0.5) is 22.0 Å². The van der Waals surface area contributed by atoms with Crippen LogP contribution in [0, 0.1) is 29.1 Å². The SMILES string of the molecule is CCCCCC/C(=C(\Br)c1ccc(OC(=O)c2c(F)c(F)c(F)c(F)c2F)cc1)c1ccccc1. The zero-order valence-corrected chi connectivity index (χ0v) is 20.4. The highest BCUT2D eigenvalue weighted by molar-refractivity contribution is 9.15. The molecule has 0 saturated carbocycles. The minimum Gasteiger partial charge on any atom is -0.423 e. The van der Waals surface area contributed by atoms with E-state index in [1.54, 1.807) is 12.1 Å². The van der Waals surface area contributed by atoms with E-state index in [2.05, 4.69) is 22.9 Å². The van der Waals surface area contributed by atoms with E-state index in [-0.39, 0.29) is 5.75 Å². The second-order valence-electron chi connectivity index (χ2n) is 7.83. The fraction of sp³-hybridized carbons (Fsp3) is 0.222. The van der Waals surface area contributed by atoms with E-state index in [4.69, 9.17) is 4.74 Å². The van der Waals surface area contributed by atoms with Crippen LogP contribution >= 0.6 is 15.9 Å². The summed E-state index contributed by atoms with van der Waals surface area (Å²) < 4.78 is 73.5. The van der Waals surface area contributed by atoms with Crippen molar-refractivity contribution in [2.45, 2.75) is 39.0 Å². The summed E-state index contributed by atoms with van der Waals surface area (Å²) in [5, 5.41) is 0. The molecule has 0 radical (unpaired) electrons. The molecule has 0 heterocycles. The zero-order valence-electron chi connectivity index (χ0n) is 18.8. The Labute approximate surface area is 208 Å². The van der Waals surface area contributed by atoms with Crippen molar-refractivity contribution in [3.63, 3.8) is 0 Å². The number of carbonyl (C=O) groups is 1. The number of esters is 1. The van der Waals surface area contributed by atoms with Gasteiger partial charge >= 0.3 is 5.97 Å². The van der Waals surface area contributed by atoms with E-state index < -0.39 is 40.6 Å². The summed E-state index contributed by atoms with van der Waals surface area (Å²) in [6.45, 7) is 2.14. The van der Waals surface area contributed by atoms with Crippen LogP contribution in [0.3, 0.4) is 0 Å². The lowest BCUT2D eigenvalue weighted by Crippen LogP contribution is -2.17. The van der Waals surface area contributed by atoms with Crippen LogP contribution in [0.1, 0.15) is 60.5 Å². The summed E-state index contributed by atoms with van der Waals surface area (Å²) in [5.41, 5.74) is 1.26. The third-order valence-electron chi connectivity index (χ3n) is 5.40. The van der Waals surface area contributed by atoms with Crippen LogP contribution in [-0.2, 0) is 0 Å². The highest BCUT2D eigenvalue weighted by Gasteiger charge is 2.31. The van der Waals surface area contributed by atoms with Gasteiger partial charge < -0.3 is 4.74 Å². The first kappa shape index (κ1) is 26.6.